The van der Waals surface area contributed by atoms with Gasteiger partial charge in [-0.15, -0.1) is 0 Å². The van der Waals surface area contributed by atoms with E-state index in [9.17, 15) is 5.11 Å². The lowest BCUT2D eigenvalue weighted by molar-refractivity contribution is 0.217. The molecule has 0 aliphatic carbocycles. The summed E-state index contributed by atoms with van der Waals surface area (Å²) < 4.78 is 1.86. The van der Waals surface area contributed by atoms with Gasteiger partial charge in [0.25, 0.3) is 0 Å². The lowest BCUT2D eigenvalue weighted by atomic mass is 9.93. The molecule has 0 unspecified atom stereocenters. The summed E-state index contributed by atoms with van der Waals surface area (Å²) in [6.07, 6.45) is 5.24. The molecule has 18 heavy (non-hydrogen) atoms. The van der Waals surface area contributed by atoms with Gasteiger partial charge in [0, 0.05) is 6.42 Å². The minimum absolute atomic E-state index is 0.285. The Hall–Kier alpha value is -1.55. The molecular formula is C14H19N3O. The first-order chi connectivity index (χ1) is 8.74. The molecule has 0 bridgehead atoms. The van der Waals surface area contributed by atoms with Gasteiger partial charge in [-0.05, 0) is 51.0 Å². The molecule has 2 aromatic rings. The van der Waals surface area contributed by atoms with E-state index in [2.05, 4.69) is 16.9 Å². The zero-order valence-corrected chi connectivity index (χ0v) is 10.7. The molecule has 1 aliphatic heterocycles. The van der Waals surface area contributed by atoms with Crippen LogP contribution in [-0.2, 0) is 6.42 Å². The van der Waals surface area contributed by atoms with Gasteiger partial charge in [-0.25, -0.2) is 4.98 Å². The van der Waals surface area contributed by atoms with Crippen LogP contribution in [0.1, 0.15) is 18.7 Å². The summed E-state index contributed by atoms with van der Waals surface area (Å²) in [6.45, 7) is 2.33. The Morgan fingerprint density at radius 1 is 1.33 bits per heavy atom. The van der Waals surface area contributed by atoms with Crippen molar-refractivity contribution in [2.75, 3.05) is 20.1 Å². The third kappa shape index (κ3) is 2.08. The Bertz CT molecular complexity index is 541. The quantitative estimate of drug-likeness (QED) is 0.879. The number of aromatic nitrogens is 2. The lowest BCUT2D eigenvalue weighted by Gasteiger charge is -2.28. The maximum Gasteiger partial charge on any atom is 0.197 e. The van der Waals surface area contributed by atoms with E-state index in [0.717, 1.165) is 17.8 Å². The van der Waals surface area contributed by atoms with Crippen LogP contribution >= 0.6 is 0 Å². The number of pyridine rings is 1. The van der Waals surface area contributed by atoms with Crippen molar-refractivity contribution in [1.29, 1.82) is 0 Å². The number of imidazole rings is 1. The van der Waals surface area contributed by atoms with Crippen LogP contribution in [0.2, 0.25) is 0 Å². The van der Waals surface area contributed by atoms with Crippen molar-refractivity contribution in [1.82, 2.24) is 14.3 Å². The summed E-state index contributed by atoms with van der Waals surface area (Å²) in [5, 5.41) is 9.93. The third-order valence-corrected chi connectivity index (χ3v) is 3.91. The van der Waals surface area contributed by atoms with E-state index >= 15 is 0 Å². The van der Waals surface area contributed by atoms with Gasteiger partial charge in [0.15, 0.2) is 5.88 Å². The molecule has 0 spiro atoms. The van der Waals surface area contributed by atoms with Crippen molar-refractivity contribution >= 4 is 5.52 Å². The van der Waals surface area contributed by atoms with E-state index in [4.69, 9.17) is 0 Å². The first-order valence-corrected chi connectivity index (χ1v) is 6.57. The molecule has 96 valence electrons. The highest BCUT2D eigenvalue weighted by molar-refractivity contribution is 5.48. The Morgan fingerprint density at radius 3 is 2.89 bits per heavy atom. The smallest absolute Gasteiger partial charge is 0.197 e. The molecule has 0 atom stereocenters. The van der Waals surface area contributed by atoms with Crippen LogP contribution in [0, 0.1) is 5.92 Å². The van der Waals surface area contributed by atoms with Crippen LogP contribution in [0.15, 0.2) is 24.4 Å². The fraction of sp³-hybridized carbons (Fsp3) is 0.500. The second-order valence-electron chi connectivity index (χ2n) is 5.27. The van der Waals surface area contributed by atoms with E-state index < -0.39 is 0 Å². The third-order valence-electron chi connectivity index (χ3n) is 3.91. The number of hydrogen-bond donors (Lipinski definition) is 1. The molecule has 1 N–H and O–H groups in total. The molecule has 0 aromatic carbocycles. The Kier molecular flexibility index (Phi) is 2.96. The van der Waals surface area contributed by atoms with Gasteiger partial charge in [-0.1, -0.05) is 6.07 Å². The predicted octanol–water partition coefficient (Wildman–Crippen LogP) is 1.92. The van der Waals surface area contributed by atoms with Crippen LogP contribution in [0.3, 0.4) is 0 Å². The summed E-state index contributed by atoms with van der Waals surface area (Å²) >= 11 is 0. The van der Waals surface area contributed by atoms with Crippen molar-refractivity contribution in [2.45, 2.75) is 19.3 Å². The van der Waals surface area contributed by atoms with Gasteiger partial charge in [0.1, 0.15) is 5.82 Å². The molecule has 1 saturated heterocycles. The normalized spacial score (nSPS) is 18.5. The van der Waals surface area contributed by atoms with Gasteiger partial charge in [0.2, 0.25) is 0 Å². The van der Waals surface area contributed by atoms with E-state index in [1.54, 1.807) is 6.07 Å². The lowest BCUT2D eigenvalue weighted by Crippen LogP contribution is -2.31. The van der Waals surface area contributed by atoms with Gasteiger partial charge < -0.3 is 10.0 Å². The van der Waals surface area contributed by atoms with Gasteiger partial charge >= 0.3 is 0 Å². The first kappa shape index (κ1) is 11.5. The Morgan fingerprint density at radius 2 is 2.11 bits per heavy atom. The van der Waals surface area contributed by atoms with Crippen LogP contribution in [-0.4, -0.2) is 39.5 Å². The van der Waals surface area contributed by atoms with Crippen molar-refractivity contribution < 1.29 is 5.11 Å². The zero-order chi connectivity index (χ0) is 12.5. The molecule has 4 heteroatoms. The first-order valence-electron chi connectivity index (χ1n) is 6.57. The van der Waals surface area contributed by atoms with E-state index in [1.807, 2.05) is 22.7 Å². The highest BCUT2D eigenvalue weighted by atomic mass is 16.3. The fourth-order valence-corrected chi connectivity index (χ4v) is 2.76. The molecule has 1 aliphatic rings. The highest BCUT2D eigenvalue weighted by Gasteiger charge is 2.19. The van der Waals surface area contributed by atoms with E-state index in [-0.39, 0.29) is 5.88 Å². The summed E-state index contributed by atoms with van der Waals surface area (Å²) in [4.78, 5) is 6.83. The topological polar surface area (TPSA) is 40.8 Å². The van der Waals surface area contributed by atoms with Gasteiger partial charge in [-0.3, -0.25) is 4.40 Å². The minimum Gasteiger partial charge on any atom is -0.494 e. The summed E-state index contributed by atoms with van der Waals surface area (Å²) in [7, 11) is 2.17. The summed E-state index contributed by atoms with van der Waals surface area (Å²) in [6, 6.07) is 5.55. The zero-order valence-electron chi connectivity index (χ0n) is 10.7. The van der Waals surface area contributed by atoms with Crippen LogP contribution in [0.5, 0.6) is 5.88 Å². The fourth-order valence-electron chi connectivity index (χ4n) is 2.76. The minimum atomic E-state index is 0.285. The number of fused-ring (bicyclic) bond motifs is 1. The maximum atomic E-state index is 9.93. The van der Waals surface area contributed by atoms with Crippen LogP contribution in [0.25, 0.3) is 5.52 Å². The molecule has 0 amide bonds. The van der Waals surface area contributed by atoms with Crippen LogP contribution < -0.4 is 0 Å². The molecule has 1 fully saturated rings. The largest absolute Gasteiger partial charge is 0.494 e. The van der Waals surface area contributed by atoms with Crippen molar-refractivity contribution in [2.24, 2.45) is 5.92 Å². The van der Waals surface area contributed by atoms with Crippen LogP contribution in [0.4, 0.5) is 0 Å². The molecule has 0 radical (unpaired) electrons. The number of aromatic hydroxyl groups is 1. The second-order valence-corrected chi connectivity index (χ2v) is 5.27. The number of rotatable bonds is 2. The summed E-state index contributed by atoms with van der Waals surface area (Å²) in [5.41, 5.74) is 0.970. The van der Waals surface area contributed by atoms with Gasteiger partial charge in [-0.2, -0.15) is 0 Å². The SMILES string of the molecule is CN1CCC(Cc2ncc3cccc(O)n23)CC1. The number of nitrogens with zero attached hydrogens (tertiary/aromatic N) is 3. The monoisotopic (exact) mass is 245 g/mol. The molecule has 3 rings (SSSR count). The highest BCUT2D eigenvalue weighted by Crippen LogP contribution is 2.23. The molecule has 3 heterocycles. The van der Waals surface area contributed by atoms with Gasteiger partial charge in [0.05, 0.1) is 11.7 Å². The number of hydrogen-bond acceptors (Lipinski definition) is 3. The maximum absolute atomic E-state index is 9.93. The molecule has 0 saturated carbocycles. The van der Waals surface area contributed by atoms with E-state index in [0.29, 0.717) is 5.92 Å². The predicted molar refractivity (Wildman–Crippen MR) is 70.8 cm³/mol. The summed E-state index contributed by atoms with van der Waals surface area (Å²) in [5.74, 6) is 1.96. The van der Waals surface area contributed by atoms with Crippen molar-refractivity contribution in [3.8, 4) is 5.88 Å². The second kappa shape index (κ2) is 4.61. The van der Waals surface area contributed by atoms with Crippen molar-refractivity contribution in [3.05, 3.63) is 30.2 Å². The number of likely N-dealkylation sites (tertiary alicyclic amines) is 1. The average molecular weight is 245 g/mol. The molecular weight excluding hydrogens is 226 g/mol. The van der Waals surface area contributed by atoms with Crippen molar-refractivity contribution in [3.63, 3.8) is 0 Å². The molecule has 2 aromatic heterocycles. The average Bonchev–Trinajstić information content (AvgIpc) is 2.77. The number of piperidine rings is 1. The molecule has 4 nitrogen and oxygen atoms in total. The standard InChI is InChI=1S/C14H19N3O/c1-16-7-5-11(6-8-16)9-13-15-10-12-3-2-4-14(18)17(12)13/h2-4,10-11,18H,5-9H2,1H3. The Balaban J connectivity index is 1.82. The Labute approximate surface area is 107 Å². The van der Waals surface area contributed by atoms with E-state index in [1.165, 1.54) is 25.9 Å².